The fourth-order valence-corrected chi connectivity index (χ4v) is 3.45. The van der Waals surface area contributed by atoms with E-state index in [0.29, 0.717) is 5.56 Å². The molecule has 0 radical (unpaired) electrons. The van der Waals surface area contributed by atoms with Gasteiger partial charge in [-0.3, -0.25) is 4.79 Å². The van der Waals surface area contributed by atoms with Gasteiger partial charge >= 0.3 is 0 Å². The third-order valence-corrected chi connectivity index (χ3v) is 5.13. The lowest BCUT2D eigenvalue weighted by Gasteiger charge is -2.22. The topological polar surface area (TPSA) is 87.0 Å². The summed E-state index contributed by atoms with van der Waals surface area (Å²) in [5.41, 5.74) is -0.618. The van der Waals surface area contributed by atoms with Gasteiger partial charge in [0, 0.05) is 5.56 Å². The summed E-state index contributed by atoms with van der Waals surface area (Å²) in [6, 6.07) is 7.75. The number of carbonyl (C=O) groups excluding carboxylic acids is 1. The van der Waals surface area contributed by atoms with E-state index in [0.717, 1.165) is 12.8 Å². The third-order valence-electron chi connectivity index (χ3n) is 3.54. The van der Waals surface area contributed by atoms with Crippen LogP contribution in [0.1, 0.15) is 37.0 Å². The van der Waals surface area contributed by atoms with Gasteiger partial charge in [-0.2, -0.15) is 9.98 Å². The van der Waals surface area contributed by atoms with Crippen molar-refractivity contribution in [1.82, 2.24) is 4.72 Å². The van der Waals surface area contributed by atoms with E-state index >= 15 is 0 Å². The van der Waals surface area contributed by atoms with Gasteiger partial charge in [0.2, 0.25) is 10.0 Å². The highest BCUT2D eigenvalue weighted by molar-refractivity contribution is 7.89. The Morgan fingerprint density at radius 3 is 2.30 bits per heavy atom. The SMILES string of the molecule is CC(=O)c1ccc(S(=O)(=O)N[C@](C)(C#N)C2CC2)cc1. The zero-order valence-corrected chi connectivity index (χ0v) is 12.2. The Morgan fingerprint density at radius 1 is 1.35 bits per heavy atom. The Balaban J connectivity index is 2.26. The summed E-state index contributed by atoms with van der Waals surface area (Å²) < 4.78 is 27.0. The second-order valence-corrected chi connectivity index (χ2v) is 6.96. The van der Waals surface area contributed by atoms with Crippen molar-refractivity contribution >= 4 is 15.8 Å². The summed E-state index contributed by atoms with van der Waals surface area (Å²) in [7, 11) is -3.76. The maximum atomic E-state index is 12.3. The predicted molar refractivity (Wildman–Crippen MR) is 73.5 cm³/mol. The Labute approximate surface area is 118 Å². The van der Waals surface area contributed by atoms with E-state index in [2.05, 4.69) is 10.8 Å². The molecule has 1 atom stereocenters. The normalized spacial score (nSPS) is 18.1. The molecule has 0 spiro atoms. The van der Waals surface area contributed by atoms with Gasteiger partial charge < -0.3 is 0 Å². The molecule has 20 heavy (non-hydrogen) atoms. The summed E-state index contributed by atoms with van der Waals surface area (Å²) in [4.78, 5) is 11.2. The van der Waals surface area contributed by atoms with Gasteiger partial charge in [0.15, 0.2) is 5.78 Å². The number of hydrogen-bond acceptors (Lipinski definition) is 4. The number of rotatable bonds is 5. The standard InChI is InChI=1S/C14H16N2O3S/c1-10(17)11-3-7-13(8-4-11)20(18,19)16-14(2,9-15)12-5-6-12/h3-4,7-8,12,16H,5-6H2,1-2H3/t14-/m1/s1. The summed E-state index contributed by atoms with van der Waals surface area (Å²) in [5.74, 6) is -0.0551. The molecule has 1 fully saturated rings. The lowest BCUT2D eigenvalue weighted by molar-refractivity contribution is 0.101. The fourth-order valence-electron chi connectivity index (χ4n) is 2.06. The van der Waals surface area contributed by atoms with E-state index in [1.165, 1.54) is 31.2 Å². The highest BCUT2D eigenvalue weighted by Crippen LogP contribution is 2.39. The van der Waals surface area contributed by atoms with Crippen LogP contribution in [0.15, 0.2) is 29.2 Å². The molecule has 6 heteroatoms. The van der Waals surface area contributed by atoms with Crippen molar-refractivity contribution in [3.63, 3.8) is 0 Å². The molecule has 1 aliphatic carbocycles. The average molecular weight is 292 g/mol. The average Bonchev–Trinajstić information content (AvgIpc) is 3.23. The summed E-state index contributed by atoms with van der Waals surface area (Å²) in [5, 5.41) is 9.20. The first-order valence-corrected chi connectivity index (χ1v) is 7.83. The van der Waals surface area contributed by atoms with E-state index in [1.807, 2.05) is 0 Å². The number of Topliss-reactive ketones (excluding diaryl/α,β-unsaturated/α-hetero) is 1. The third kappa shape index (κ3) is 2.89. The number of nitrogens with zero attached hydrogens (tertiary/aromatic N) is 1. The van der Waals surface area contributed by atoms with Crippen LogP contribution in [0.3, 0.4) is 0 Å². The minimum atomic E-state index is -3.76. The lowest BCUT2D eigenvalue weighted by Crippen LogP contribution is -2.46. The van der Waals surface area contributed by atoms with Crippen LogP contribution in [-0.2, 0) is 10.0 Å². The molecule has 0 amide bonds. The maximum Gasteiger partial charge on any atom is 0.241 e. The molecule has 0 aliphatic heterocycles. The van der Waals surface area contributed by atoms with Crippen molar-refractivity contribution < 1.29 is 13.2 Å². The summed E-state index contributed by atoms with van der Waals surface area (Å²) in [6.07, 6.45) is 1.71. The van der Waals surface area contributed by atoms with Crippen molar-refractivity contribution in [3.8, 4) is 6.07 Å². The highest BCUT2D eigenvalue weighted by atomic mass is 32.2. The van der Waals surface area contributed by atoms with Crippen LogP contribution in [0, 0.1) is 17.2 Å². The van der Waals surface area contributed by atoms with Crippen LogP contribution in [0.2, 0.25) is 0 Å². The predicted octanol–water partition coefficient (Wildman–Crippen LogP) is 1.86. The molecule has 0 unspecified atom stereocenters. The van der Waals surface area contributed by atoms with Crippen molar-refractivity contribution in [2.75, 3.05) is 0 Å². The van der Waals surface area contributed by atoms with Crippen LogP contribution in [-0.4, -0.2) is 19.7 Å². The summed E-state index contributed by atoms with van der Waals surface area (Å²) in [6.45, 7) is 3.02. The number of benzene rings is 1. The molecule has 1 aliphatic rings. The van der Waals surface area contributed by atoms with Gasteiger partial charge in [-0.25, -0.2) is 8.42 Å². The number of carbonyl (C=O) groups is 1. The molecule has 1 aromatic carbocycles. The first kappa shape index (κ1) is 14.7. The van der Waals surface area contributed by atoms with Crippen LogP contribution in [0.5, 0.6) is 0 Å². The smallest absolute Gasteiger partial charge is 0.241 e. The Hall–Kier alpha value is -1.71. The number of nitrogens with one attached hydrogen (secondary N) is 1. The molecule has 0 bridgehead atoms. The zero-order valence-electron chi connectivity index (χ0n) is 11.4. The van der Waals surface area contributed by atoms with Gasteiger partial charge in [-0.1, -0.05) is 12.1 Å². The van der Waals surface area contributed by atoms with Crippen LogP contribution in [0.4, 0.5) is 0 Å². The molecule has 1 saturated carbocycles. The molecular weight excluding hydrogens is 276 g/mol. The molecule has 1 N–H and O–H groups in total. The monoisotopic (exact) mass is 292 g/mol. The second kappa shape index (κ2) is 5.00. The molecule has 2 rings (SSSR count). The molecule has 1 aromatic rings. The Morgan fingerprint density at radius 2 is 1.90 bits per heavy atom. The van der Waals surface area contributed by atoms with E-state index in [9.17, 15) is 18.5 Å². The Bertz CT molecular complexity index is 669. The first-order chi connectivity index (χ1) is 9.28. The fraction of sp³-hybridized carbons (Fsp3) is 0.429. The molecule has 106 valence electrons. The molecule has 0 saturated heterocycles. The van der Waals surface area contributed by atoms with Crippen molar-refractivity contribution in [3.05, 3.63) is 29.8 Å². The van der Waals surface area contributed by atoms with Gasteiger partial charge in [0.25, 0.3) is 0 Å². The largest absolute Gasteiger partial charge is 0.295 e. The number of ketones is 1. The van der Waals surface area contributed by atoms with E-state index in [-0.39, 0.29) is 16.6 Å². The maximum absolute atomic E-state index is 12.3. The number of hydrogen-bond donors (Lipinski definition) is 1. The van der Waals surface area contributed by atoms with Crippen molar-refractivity contribution in [1.29, 1.82) is 5.26 Å². The van der Waals surface area contributed by atoms with Gasteiger partial charge in [-0.05, 0) is 44.7 Å². The van der Waals surface area contributed by atoms with E-state index in [1.54, 1.807) is 6.92 Å². The van der Waals surface area contributed by atoms with Gasteiger partial charge in [-0.15, -0.1) is 0 Å². The minimum absolute atomic E-state index is 0.0598. The van der Waals surface area contributed by atoms with Crippen LogP contribution >= 0.6 is 0 Å². The van der Waals surface area contributed by atoms with Crippen LogP contribution < -0.4 is 4.72 Å². The van der Waals surface area contributed by atoms with Gasteiger partial charge in [0.1, 0.15) is 5.54 Å². The van der Waals surface area contributed by atoms with Crippen molar-refractivity contribution in [2.45, 2.75) is 37.1 Å². The van der Waals surface area contributed by atoms with Gasteiger partial charge in [0.05, 0.1) is 11.0 Å². The summed E-state index contributed by atoms with van der Waals surface area (Å²) >= 11 is 0. The molecule has 0 heterocycles. The molecule has 5 nitrogen and oxygen atoms in total. The van der Waals surface area contributed by atoms with E-state index < -0.39 is 15.6 Å². The first-order valence-electron chi connectivity index (χ1n) is 6.35. The number of sulfonamides is 1. The number of nitriles is 1. The highest BCUT2D eigenvalue weighted by Gasteiger charge is 2.44. The Kier molecular flexibility index (Phi) is 3.67. The van der Waals surface area contributed by atoms with Crippen molar-refractivity contribution in [2.24, 2.45) is 5.92 Å². The van der Waals surface area contributed by atoms with Crippen LogP contribution in [0.25, 0.3) is 0 Å². The minimum Gasteiger partial charge on any atom is -0.295 e. The quantitative estimate of drug-likeness (QED) is 0.839. The zero-order chi connectivity index (χ0) is 15.0. The molecular formula is C14H16N2O3S. The lowest BCUT2D eigenvalue weighted by atomic mass is 10.0. The molecule has 0 aromatic heterocycles. The second-order valence-electron chi connectivity index (χ2n) is 5.27. The van der Waals surface area contributed by atoms with E-state index in [4.69, 9.17) is 0 Å².